The highest BCUT2D eigenvalue weighted by atomic mass is 31.2. The lowest BCUT2D eigenvalue weighted by atomic mass is 10.0. The first-order valence-electron chi connectivity index (χ1n) is 18.8. The lowest BCUT2D eigenvalue weighted by molar-refractivity contribution is -0.155. The summed E-state index contributed by atoms with van der Waals surface area (Å²) in [5.74, 6) is -11.9. The van der Waals surface area contributed by atoms with Gasteiger partial charge in [-0.05, 0) is 65.5 Å². The van der Waals surface area contributed by atoms with Crippen LogP contribution in [0.25, 0.3) is 0 Å². The number of amides is 5. The minimum absolute atomic E-state index is 0.0598. The van der Waals surface area contributed by atoms with E-state index in [1.807, 2.05) is 0 Å². The number of carbonyl (C=O) groups is 8. The van der Waals surface area contributed by atoms with E-state index in [2.05, 4.69) is 35.8 Å². The van der Waals surface area contributed by atoms with Crippen LogP contribution in [0.1, 0.15) is 65.2 Å². The van der Waals surface area contributed by atoms with Gasteiger partial charge < -0.3 is 82.7 Å². The zero-order valence-electron chi connectivity index (χ0n) is 33.3. The third kappa shape index (κ3) is 19.1. The van der Waals surface area contributed by atoms with Crippen LogP contribution >= 0.6 is 7.82 Å². The van der Waals surface area contributed by atoms with Gasteiger partial charge in [0, 0.05) is 6.42 Å². The van der Waals surface area contributed by atoms with Crippen LogP contribution in [0.3, 0.4) is 0 Å². The number of phosphoric ester groups is 1. The topological polar surface area (TPSA) is 455 Å². The average Bonchev–Trinajstić information content (AvgIpc) is 3.45. The SMILES string of the molecule is CC(O)C(NC(=O)C(CCCCN)NC(=O)CCC(=O)OCC(O)C1OC(=O)C(OP(=O)(O)O)=C1O)C(=O)NC(C(=O)NC(CCCCN)C(=O)NC(CO)C(=O)O)C(C)O. The highest BCUT2D eigenvalue weighted by molar-refractivity contribution is 7.46. The summed E-state index contributed by atoms with van der Waals surface area (Å²) in [6.45, 7) is 0.726. The zero-order valence-corrected chi connectivity index (χ0v) is 34.2. The third-order valence-corrected chi connectivity index (χ3v) is 8.97. The first-order valence-corrected chi connectivity index (χ1v) is 20.3. The second-order valence-electron chi connectivity index (χ2n) is 13.7. The van der Waals surface area contributed by atoms with E-state index in [1.54, 1.807) is 0 Å². The number of aliphatic hydroxyl groups is 5. The number of carbonyl (C=O) groups excluding carboxylic acids is 7. The Bertz CT molecular complexity index is 1620. The molecule has 28 heteroatoms. The summed E-state index contributed by atoms with van der Waals surface area (Å²) >= 11 is 0. The molecule has 0 aliphatic carbocycles. The zero-order chi connectivity index (χ0) is 46.6. The Hall–Kier alpha value is -4.99. The maximum Gasteiger partial charge on any atom is 0.525 e. The van der Waals surface area contributed by atoms with Crippen molar-refractivity contribution in [3.8, 4) is 0 Å². The molecule has 0 aromatic rings. The third-order valence-electron chi connectivity index (χ3n) is 8.55. The van der Waals surface area contributed by atoms with Crippen molar-refractivity contribution in [1.29, 1.82) is 0 Å². The molecule has 0 aromatic carbocycles. The molecule has 9 unspecified atom stereocenters. The fourth-order valence-corrected chi connectivity index (χ4v) is 5.70. The molecule has 1 heterocycles. The number of rotatable bonds is 29. The quantitative estimate of drug-likeness (QED) is 0.0189. The number of esters is 2. The number of aliphatic carboxylic acids is 1. The summed E-state index contributed by atoms with van der Waals surface area (Å²) in [6, 6.07) is -8.13. The molecule has 9 atom stereocenters. The standard InChI is InChI=1S/C33H56N7O20P/c1-15(42)23(30(50)37-18(8-4-6-12-35)28(48)38-19(13-41)32(52)53)40-31(51)24(16(2)43)39-29(49)17(7-3-5-11-34)36-21(45)9-10-22(46)58-14-20(44)26-25(47)27(33(54)59-26)60-61(55,56)57/h15-20,23-24,26,41-44,47H,3-14,34-35H2,1-2H3,(H,36,45)(H,37,50)(H,38,48)(H,39,49)(H,40,51)(H,52,53)(H2,55,56,57). The summed E-state index contributed by atoms with van der Waals surface area (Å²) < 4.78 is 24.5. The van der Waals surface area contributed by atoms with Crippen molar-refractivity contribution in [1.82, 2.24) is 26.6 Å². The second-order valence-corrected chi connectivity index (χ2v) is 14.8. The average molecular weight is 902 g/mol. The van der Waals surface area contributed by atoms with E-state index in [4.69, 9.17) is 26.0 Å². The molecule has 1 aliphatic heterocycles. The number of aliphatic hydroxyl groups excluding tert-OH is 5. The molecule has 0 saturated carbocycles. The van der Waals surface area contributed by atoms with Crippen LogP contribution in [-0.2, 0) is 56.9 Å². The molecule has 1 rings (SSSR count). The number of ether oxygens (including phenoxy) is 2. The number of nitrogens with one attached hydrogen (secondary N) is 5. The maximum atomic E-state index is 13.4. The van der Waals surface area contributed by atoms with Gasteiger partial charge in [0.2, 0.25) is 29.5 Å². The van der Waals surface area contributed by atoms with Crippen molar-refractivity contribution in [3.05, 3.63) is 11.5 Å². The Labute approximate surface area is 348 Å². The number of carboxylic acids is 1. The Morgan fingerprint density at radius 2 is 1.23 bits per heavy atom. The van der Waals surface area contributed by atoms with Gasteiger partial charge in [0.1, 0.15) is 42.9 Å². The molecule has 17 N–H and O–H groups in total. The Morgan fingerprint density at radius 3 is 1.70 bits per heavy atom. The monoisotopic (exact) mass is 901 g/mol. The van der Waals surface area contributed by atoms with Crippen molar-refractivity contribution in [2.24, 2.45) is 11.5 Å². The fourth-order valence-electron chi connectivity index (χ4n) is 5.29. The van der Waals surface area contributed by atoms with Gasteiger partial charge in [0.05, 0.1) is 25.2 Å². The van der Waals surface area contributed by atoms with Gasteiger partial charge in [0.15, 0.2) is 11.9 Å². The summed E-state index contributed by atoms with van der Waals surface area (Å²) in [4.78, 5) is 119. The van der Waals surface area contributed by atoms with E-state index >= 15 is 0 Å². The van der Waals surface area contributed by atoms with Crippen LogP contribution in [0.5, 0.6) is 0 Å². The minimum Gasteiger partial charge on any atom is -0.505 e. The summed E-state index contributed by atoms with van der Waals surface area (Å²) in [7, 11) is -5.30. The lowest BCUT2D eigenvalue weighted by Gasteiger charge is -2.29. The molecule has 0 aromatic heterocycles. The van der Waals surface area contributed by atoms with Crippen molar-refractivity contribution in [2.45, 2.75) is 120 Å². The van der Waals surface area contributed by atoms with Crippen molar-refractivity contribution >= 4 is 55.3 Å². The number of phosphoric acid groups is 1. The number of hydrogen-bond acceptors (Lipinski definition) is 19. The van der Waals surface area contributed by atoms with Crippen LogP contribution in [0, 0.1) is 0 Å². The first kappa shape index (κ1) is 54.0. The van der Waals surface area contributed by atoms with Crippen LogP contribution in [0.2, 0.25) is 0 Å². The number of cyclic esters (lactones) is 1. The van der Waals surface area contributed by atoms with E-state index in [9.17, 15) is 73.6 Å². The molecule has 0 fully saturated rings. The molecule has 27 nitrogen and oxygen atoms in total. The van der Waals surface area contributed by atoms with Gasteiger partial charge >= 0.3 is 25.7 Å². The fraction of sp³-hybridized carbons (Fsp3) is 0.697. The highest BCUT2D eigenvalue weighted by Gasteiger charge is 2.43. The molecule has 0 radical (unpaired) electrons. The van der Waals surface area contributed by atoms with Crippen LogP contribution in [-0.4, -0.2) is 169 Å². The summed E-state index contributed by atoms with van der Waals surface area (Å²) in [5.41, 5.74) is 11.0. The smallest absolute Gasteiger partial charge is 0.505 e. The summed E-state index contributed by atoms with van der Waals surface area (Å²) in [6.07, 6.45) is -7.20. The lowest BCUT2D eigenvalue weighted by Crippen LogP contribution is -2.62. The van der Waals surface area contributed by atoms with E-state index < -0.39 is 147 Å². The van der Waals surface area contributed by atoms with Crippen molar-refractivity contribution in [3.63, 3.8) is 0 Å². The van der Waals surface area contributed by atoms with Crippen molar-refractivity contribution < 1.29 is 97.3 Å². The predicted octanol–water partition coefficient (Wildman–Crippen LogP) is -6.00. The van der Waals surface area contributed by atoms with Crippen molar-refractivity contribution in [2.75, 3.05) is 26.3 Å². The molecule has 1 aliphatic rings. The van der Waals surface area contributed by atoms with Gasteiger partial charge in [-0.3, -0.25) is 38.6 Å². The molecule has 5 amide bonds. The summed E-state index contributed by atoms with van der Waals surface area (Å²) in [5, 5.41) is 70.8. The second kappa shape index (κ2) is 26.4. The number of carboxylic acid groups (broad SMARTS) is 1. The largest absolute Gasteiger partial charge is 0.525 e. The predicted molar refractivity (Wildman–Crippen MR) is 202 cm³/mol. The molecule has 348 valence electrons. The normalized spacial score (nSPS) is 17.9. The van der Waals surface area contributed by atoms with E-state index in [0.717, 1.165) is 13.8 Å². The van der Waals surface area contributed by atoms with Gasteiger partial charge in [-0.15, -0.1) is 0 Å². The van der Waals surface area contributed by atoms with E-state index in [1.165, 1.54) is 0 Å². The van der Waals surface area contributed by atoms with Crippen LogP contribution in [0.15, 0.2) is 11.5 Å². The number of unbranched alkanes of at least 4 members (excludes halogenated alkanes) is 2. The molecule has 0 spiro atoms. The highest BCUT2D eigenvalue weighted by Crippen LogP contribution is 2.42. The van der Waals surface area contributed by atoms with Gasteiger partial charge in [-0.2, -0.15) is 0 Å². The molecular weight excluding hydrogens is 845 g/mol. The number of hydrogen-bond donors (Lipinski definition) is 15. The Balaban J connectivity index is 3.00. The van der Waals surface area contributed by atoms with Gasteiger partial charge in [-0.1, -0.05) is 0 Å². The van der Waals surface area contributed by atoms with Crippen LogP contribution in [0.4, 0.5) is 0 Å². The Morgan fingerprint density at radius 1 is 0.754 bits per heavy atom. The minimum atomic E-state index is -5.30. The Kier molecular flexibility index (Phi) is 23.4. The van der Waals surface area contributed by atoms with Gasteiger partial charge in [-0.25, -0.2) is 14.2 Å². The molecule has 0 saturated heterocycles. The number of nitrogens with two attached hydrogens (primary N) is 2. The molecule has 0 bridgehead atoms. The first-order chi connectivity index (χ1) is 28.5. The molecule has 61 heavy (non-hydrogen) atoms. The molecular formula is C33H56N7O20P. The van der Waals surface area contributed by atoms with Gasteiger partial charge in [0.25, 0.3) is 5.76 Å². The van der Waals surface area contributed by atoms with E-state index in [0.29, 0.717) is 12.8 Å². The van der Waals surface area contributed by atoms with Crippen LogP contribution < -0.4 is 38.1 Å². The maximum absolute atomic E-state index is 13.4. The van der Waals surface area contributed by atoms with E-state index in [-0.39, 0.29) is 38.8 Å².